The van der Waals surface area contributed by atoms with Gasteiger partial charge in [0.15, 0.2) is 0 Å². The SMILES string of the molecule is Cc1cc(-c2cnnc3ccccc23)cc(C)c1O. The van der Waals surface area contributed by atoms with Crippen LogP contribution in [0.2, 0.25) is 0 Å². The fourth-order valence-corrected chi connectivity index (χ4v) is 2.35. The van der Waals surface area contributed by atoms with Gasteiger partial charge in [0.05, 0.1) is 11.7 Å². The van der Waals surface area contributed by atoms with Gasteiger partial charge in [-0.1, -0.05) is 18.2 Å². The van der Waals surface area contributed by atoms with Gasteiger partial charge in [-0.25, -0.2) is 0 Å². The second-order valence-corrected chi connectivity index (χ2v) is 4.73. The third-order valence-corrected chi connectivity index (χ3v) is 3.35. The zero-order valence-electron chi connectivity index (χ0n) is 10.9. The van der Waals surface area contributed by atoms with Crippen molar-refractivity contribution in [2.75, 3.05) is 0 Å². The summed E-state index contributed by atoms with van der Waals surface area (Å²) in [6.45, 7) is 3.81. The van der Waals surface area contributed by atoms with E-state index in [1.54, 1.807) is 6.20 Å². The number of phenols is 1. The highest BCUT2D eigenvalue weighted by molar-refractivity contribution is 5.93. The molecule has 0 atom stereocenters. The molecule has 2 aromatic carbocycles. The van der Waals surface area contributed by atoms with E-state index >= 15 is 0 Å². The molecule has 3 aromatic rings. The van der Waals surface area contributed by atoms with Crippen molar-refractivity contribution in [3.05, 3.63) is 53.7 Å². The summed E-state index contributed by atoms with van der Waals surface area (Å²) in [6, 6.07) is 11.9. The zero-order valence-corrected chi connectivity index (χ0v) is 10.9. The van der Waals surface area contributed by atoms with Crippen molar-refractivity contribution in [2.45, 2.75) is 13.8 Å². The van der Waals surface area contributed by atoms with Crippen LogP contribution in [0.4, 0.5) is 0 Å². The van der Waals surface area contributed by atoms with Crippen LogP contribution < -0.4 is 0 Å². The maximum Gasteiger partial charge on any atom is 0.121 e. The average molecular weight is 250 g/mol. The molecule has 0 aliphatic carbocycles. The molecule has 94 valence electrons. The minimum absolute atomic E-state index is 0.357. The molecule has 3 nitrogen and oxygen atoms in total. The standard InChI is InChI=1S/C16H14N2O/c1-10-7-12(8-11(2)16(10)19)14-9-17-18-15-6-4-3-5-13(14)15/h3-9,19H,1-2H3. The van der Waals surface area contributed by atoms with Gasteiger partial charge in [0.2, 0.25) is 0 Å². The molecule has 0 amide bonds. The van der Waals surface area contributed by atoms with Crippen LogP contribution in [0.5, 0.6) is 5.75 Å². The molecule has 0 saturated heterocycles. The first-order chi connectivity index (χ1) is 9.16. The first kappa shape index (κ1) is 11.7. The van der Waals surface area contributed by atoms with E-state index in [4.69, 9.17) is 0 Å². The highest BCUT2D eigenvalue weighted by Crippen LogP contribution is 2.32. The lowest BCUT2D eigenvalue weighted by molar-refractivity contribution is 0.467. The molecule has 0 spiro atoms. The lowest BCUT2D eigenvalue weighted by Crippen LogP contribution is -1.90. The summed E-state index contributed by atoms with van der Waals surface area (Å²) >= 11 is 0. The van der Waals surface area contributed by atoms with Crippen molar-refractivity contribution >= 4 is 10.9 Å². The van der Waals surface area contributed by atoms with Crippen LogP contribution >= 0.6 is 0 Å². The van der Waals surface area contributed by atoms with Crippen LogP contribution in [-0.4, -0.2) is 15.3 Å². The molecular formula is C16H14N2O. The smallest absolute Gasteiger partial charge is 0.121 e. The summed E-state index contributed by atoms with van der Waals surface area (Å²) in [6.07, 6.45) is 1.77. The normalized spacial score (nSPS) is 10.8. The second-order valence-electron chi connectivity index (χ2n) is 4.73. The molecule has 0 radical (unpaired) electrons. The van der Waals surface area contributed by atoms with Gasteiger partial charge in [-0.05, 0) is 48.7 Å². The Kier molecular flexibility index (Phi) is 2.67. The average Bonchev–Trinajstić information content (AvgIpc) is 2.43. The molecule has 0 bridgehead atoms. The molecule has 0 aliphatic rings. The predicted molar refractivity (Wildman–Crippen MR) is 76.1 cm³/mol. The quantitative estimate of drug-likeness (QED) is 0.717. The molecular weight excluding hydrogens is 236 g/mol. The number of phenolic OH excluding ortho intramolecular Hbond substituents is 1. The number of aryl methyl sites for hydroxylation is 2. The highest BCUT2D eigenvalue weighted by Gasteiger charge is 2.09. The maximum atomic E-state index is 9.86. The molecule has 1 heterocycles. The van der Waals surface area contributed by atoms with Crippen LogP contribution in [-0.2, 0) is 0 Å². The van der Waals surface area contributed by atoms with Gasteiger partial charge in [0, 0.05) is 10.9 Å². The van der Waals surface area contributed by atoms with Crippen LogP contribution in [0.3, 0.4) is 0 Å². The summed E-state index contributed by atoms with van der Waals surface area (Å²) in [5, 5.41) is 19.1. The first-order valence-electron chi connectivity index (χ1n) is 6.18. The number of hydrogen-bond acceptors (Lipinski definition) is 3. The van der Waals surface area contributed by atoms with Gasteiger partial charge in [0.1, 0.15) is 5.75 Å². The highest BCUT2D eigenvalue weighted by atomic mass is 16.3. The van der Waals surface area contributed by atoms with Gasteiger partial charge in [0.25, 0.3) is 0 Å². The Labute approximate surface area is 111 Å². The van der Waals surface area contributed by atoms with Crippen LogP contribution in [0.25, 0.3) is 22.0 Å². The topological polar surface area (TPSA) is 46.0 Å². The molecule has 19 heavy (non-hydrogen) atoms. The molecule has 1 N–H and O–H groups in total. The summed E-state index contributed by atoms with van der Waals surface area (Å²) in [5.41, 5.74) is 4.71. The van der Waals surface area contributed by atoms with Crippen molar-refractivity contribution in [3.63, 3.8) is 0 Å². The Balaban J connectivity index is 2.31. The Morgan fingerprint density at radius 1 is 1.00 bits per heavy atom. The van der Waals surface area contributed by atoms with Crippen LogP contribution in [0.15, 0.2) is 42.6 Å². The van der Waals surface area contributed by atoms with Gasteiger partial charge in [-0.15, -0.1) is 0 Å². The number of aromatic nitrogens is 2. The van der Waals surface area contributed by atoms with Gasteiger partial charge < -0.3 is 5.11 Å². The largest absolute Gasteiger partial charge is 0.507 e. The van der Waals surface area contributed by atoms with Gasteiger partial charge in [-0.3, -0.25) is 0 Å². The van der Waals surface area contributed by atoms with Crippen molar-refractivity contribution in [1.82, 2.24) is 10.2 Å². The maximum absolute atomic E-state index is 9.86. The number of hydrogen-bond donors (Lipinski definition) is 1. The summed E-state index contributed by atoms with van der Waals surface area (Å²) in [7, 11) is 0. The molecule has 3 rings (SSSR count). The van der Waals surface area contributed by atoms with E-state index in [1.165, 1.54) is 0 Å². The number of rotatable bonds is 1. The molecule has 0 unspecified atom stereocenters. The lowest BCUT2D eigenvalue weighted by atomic mass is 9.98. The minimum atomic E-state index is 0.357. The van der Waals surface area contributed by atoms with Crippen molar-refractivity contribution in [2.24, 2.45) is 0 Å². The van der Waals surface area contributed by atoms with E-state index in [-0.39, 0.29) is 0 Å². The molecule has 0 fully saturated rings. The number of fused-ring (bicyclic) bond motifs is 1. The van der Waals surface area contributed by atoms with E-state index in [9.17, 15) is 5.11 Å². The zero-order chi connectivity index (χ0) is 13.4. The van der Waals surface area contributed by atoms with Gasteiger partial charge in [-0.2, -0.15) is 10.2 Å². The summed E-state index contributed by atoms with van der Waals surface area (Å²) in [4.78, 5) is 0. The lowest BCUT2D eigenvalue weighted by Gasteiger charge is -2.09. The van der Waals surface area contributed by atoms with E-state index in [2.05, 4.69) is 10.2 Å². The van der Waals surface area contributed by atoms with E-state index in [0.29, 0.717) is 5.75 Å². The third-order valence-electron chi connectivity index (χ3n) is 3.35. The first-order valence-corrected chi connectivity index (χ1v) is 6.18. The van der Waals surface area contributed by atoms with E-state index < -0.39 is 0 Å². The van der Waals surface area contributed by atoms with E-state index in [1.807, 2.05) is 50.2 Å². The van der Waals surface area contributed by atoms with Gasteiger partial charge >= 0.3 is 0 Å². The molecule has 0 saturated carbocycles. The van der Waals surface area contributed by atoms with Crippen LogP contribution in [0, 0.1) is 13.8 Å². The Morgan fingerprint density at radius 2 is 1.68 bits per heavy atom. The predicted octanol–water partition coefficient (Wildman–Crippen LogP) is 3.62. The monoisotopic (exact) mass is 250 g/mol. The van der Waals surface area contributed by atoms with Crippen molar-refractivity contribution in [1.29, 1.82) is 0 Å². The van der Waals surface area contributed by atoms with Crippen LogP contribution in [0.1, 0.15) is 11.1 Å². The summed E-state index contributed by atoms with van der Waals surface area (Å²) in [5.74, 6) is 0.357. The fraction of sp³-hybridized carbons (Fsp3) is 0.125. The fourth-order valence-electron chi connectivity index (χ4n) is 2.35. The number of benzene rings is 2. The van der Waals surface area contributed by atoms with Crippen molar-refractivity contribution < 1.29 is 5.11 Å². The Bertz CT molecular complexity index is 737. The Morgan fingerprint density at radius 3 is 2.42 bits per heavy atom. The molecule has 1 aromatic heterocycles. The minimum Gasteiger partial charge on any atom is -0.507 e. The van der Waals surface area contributed by atoms with E-state index in [0.717, 1.165) is 33.2 Å². The number of nitrogens with zero attached hydrogens (tertiary/aromatic N) is 2. The Hall–Kier alpha value is -2.42. The van der Waals surface area contributed by atoms with Crippen molar-refractivity contribution in [3.8, 4) is 16.9 Å². The summed E-state index contributed by atoms with van der Waals surface area (Å²) < 4.78 is 0. The molecule has 0 aliphatic heterocycles. The molecule has 3 heteroatoms. The second kappa shape index (κ2) is 4.35. The number of aromatic hydroxyl groups is 1. The third kappa shape index (κ3) is 1.93.